The van der Waals surface area contributed by atoms with Crippen molar-refractivity contribution in [3.8, 4) is 0 Å². The Morgan fingerprint density at radius 2 is 2.00 bits per heavy atom. The van der Waals surface area contributed by atoms with Crippen molar-refractivity contribution in [2.75, 3.05) is 41.8 Å². The van der Waals surface area contributed by atoms with Crippen LogP contribution in [0.4, 0.5) is 17.5 Å². The molecule has 0 amide bonds. The minimum Gasteiger partial charge on any atom is -0.378 e. The van der Waals surface area contributed by atoms with E-state index < -0.39 is 0 Å². The summed E-state index contributed by atoms with van der Waals surface area (Å²) in [6, 6.07) is 10.5. The summed E-state index contributed by atoms with van der Waals surface area (Å²) in [7, 11) is 0. The lowest BCUT2D eigenvalue weighted by molar-refractivity contribution is 0.122. The fourth-order valence-electron chi connectivity index (χ4n) is 3.42. The summed E-state index contributed by atoms with van der Waals surface area (Å²) in [6.07, 6.45) is 1.82. The van der Waals surface area contributed by atoms with Gasteiger partial charge in [0.1, 0.15) is 5.82 Å². The molecule has 126 valence electrons. The molecule has 6 nitrogen and oxygen atoms in total. The van der Waals surface area contributed by atoms with Crippen LogP contribution < -0.4 is 15.5 Å². The highest BCUT2D eigenvalue weighted by Crippen LogP contribution is 2.42. The first-order chi connectivity index (χ1) is 11.6. The Hall–Kier alpha value is -2.34. The maximum atomic E-state index is 5.40. The largest absolute Gasteiger partial charge is 0.378 e. The van der Waals surface area contributed by atoms with Gasteiger partial charge in [-0.2, -0.15) is 4.98 Å². The number of ether oxygens (including phenoxy) is 1. The van der Waals surface area contributed by atoms with Crippen LogP contribution in [0.25, 0.3) is 0 Å². The predicted octanol–water partition coefficient (Wildman–Crippen LogP) is 2.67. The molecule has 4 rings (SSSR count). The molecule has 1 fully saturated rings. The number of aromatic nitrogens is 2. The number of para-hydroxylation sites is 1. The molecule has 1 aromatic carbocycles. The van der Waals surface area contributed by atoms with E-state index in [0.717, 1.165) is 38.1 Å². The van der Waals surface area contributed by atoms with E-state index in [-0.39, 0.29) is 11.6 Å². The number of hydrogen-bond donors (Lipinski definition) is 2. The standard InChI is InChI=1S/C18H23N5O/c1-18(2)16(13-5-3-4-6-14(13)22-18)20-15-7-8-19-17(21-15)23-9-11-24-12-10-23/h3-8,16,22H,9-12H2,1-2H3,(H,19,20,21). The molecule has 24 heavy (non-hydrogen) atoms. The van der Waals surface area contributed by atoms with E-state index in [1.54, 1.807) is 0 Å². The number of nitrogens with zero attached hydrogens (tertiary/aromatic N) is 3. The van der Waals surface area contributed by atoms with Crippen LogP contribution in [0.15, 0.2) is 36.5 Å². The molecule has 0 spiro atoms. The quantitative estimate of drug-likeness (QED) is 0.905. The Labute approximate surface area is 142 Å². The Bertz CT molecular complexity index is 727. The van der Waals surface area contributed by atoms with Crippen LogP contribution in [0.2, 0.25) is 0 Å². The first-order valence-corrected chi connectivity index (χ1v) is 8.43. The van der Waals surface area contributed by atoms with E-state index in [2.05, 4.69) is 58.6 Å². The van der Waals surface area contributed by atoms with Gasteiger partial charge in [-0.25, -0.2) is 4.98 Å². The molecule has 2 aromatic rings. The van der Waals surface area contributed by atoms with Crippen LogP contribution in [0, 0.1) is 0 Å². The molecule has 0 bridgehead atoms. The highest BCUT2D eigenvalue weighted by atomic mass is 16.5. The van der Waals surface area contributed by atoms with Crippen LogP contribution in [-0.2, 0) is 4.74 Å². The molecule has 1 aromatic heterocycles. The van der Waals surface area contributed by atoms with Crippen LogP contribution in [0.5, 0.6) is 0 Å². The second kappa shape index (κ2) is 5.94. The minimum atomic E-state index is -0.0895. The van der Waals surface area contributed by atoms with Crippen molar-refractivity contribution in [1.82, 2.24) is 9.97 Å². The summed E-state index contributed by atoms with van der Waals surface area (Å²) in [4.78, 5) is 11.3. The third-order valence-electron chi connectivity index (χ3n) is 4.68. The highest BCUT2D eigenvalue weighted by molar-refractivity contribution is 5.63. The van der Waals surface area contributed by atoms with Crippen molar-refractivity contribution in [2.24, 2.45) is 0 Å². The van der Waals surface area contributed by atoms with E-state index in [0.29, 0.717) is 0 Å². The maximum absolute atomic E-state index is 5.40. The topological polar surface area (TPSA) is 62.3 Å². The second-order valence-electron chi connectivity index (χ2n) is 6.85. The Morgan fingerprint density at radius 3 is 2.83 bits per heavy atom. The molecule has 6 heteroatoms. The van der Waals surface area contributed by atoms with Gasteiger partial charge >= 0.3 is 0 Å². The van der Waals surface area contributed by atoms with E-state index in [9.17, 15) is 0 Å². The van der Waals surface area contributed by atoms with Gasteiger partial charge in [-0.15, -0.1) is 0 Å². The van der Waals surface area contributed by atoms with Gasteiger partial charge in [0, 0.05) is 25.0 Å². The monoisotopic (exact) mass is 325 g/mol. The summed E-state index contributed by atoms with van der Waals surface area (Å²) in [5.41, 5.74) is 2.37. The summed E-state index contributed by atoms with van der Waals surface area (Å²) in [6.45, 7) is 7.54. The predicted molar refractivity (Wildman–Crippen MR) is 95.6 cm³/mol. The summed E-state index contributed by atoms with van der Waals surface area (Å²) in [5.74, 6) is 1.61. The third kappa shape index (κ3) is 2.78. The number of benzene rings is 1. The number of morpholine rings is 1. The Morgan fingerprint density at radius 1 is 1.21 bits per heavy atom. The van der Waals surface area contributed by atoms with Crippen molar-refractivity contribution < 1.29 is 4.74 Å². The molecule has 1 unspecified atom stereocenters. The molecule has 2 N–H and O–H groups in total. The number of hydrogen-bond acceptors (Lipinski definition) is 6. The van der Waals surface area contributed by atoms with E-state index in [1.807, 2.05) is 12.3 Å². The van der Waals surface area contributed by atoms with Crippen LogP contribution >= 0.6 is 0 Å². The van der Waals surface area contributed by atoms with Gasteiger partial charge in [0.25, 0.3) is 0 Å². The van der Waals surface area contributed by atoms with Crippen LogP contribution in [0.3, 0.4) is 0 Å². The molecular formula is C18H23N5O. The van der Waals surface area contributed by atoms with Gasteiger partial charge in [0.15, 0.2) is 0 Å². The first-order valence-electron chi connectivity index (χ1n) is 8.43. The smallest absolute Gasteiger partial charge is 0.227 e. The van der Waals surface area contributed by atoms with Gasteiger partial charge < -0.3 is 20.3 Å². The van der Waals surface area contributed by atoms with Crippen LogP contribution in [0.1, 0.15) is 25.5 Å². The Kier molecular flexibility index (Phi) is 3.76. The molecule has 0 radical (unpaired) electrons. The zero-order valence-electron chi connectivity index (χ0n) is 14.1. The van der Waals surface area contributed by atoms with Crippen molar-refractivity contribution >= 4 is 17.5 Å². The van der Waals surface area contributed by atoms with Crippen molar-refractivity contribution in [1.29, 1.82) is 0 Å². The zero-order chi connectivity index (χ0) is 16.6. The van der Waals surface area contributed by atoms with Gasteiger partial charge in [-0.1, -0.05) is 18.2 Å². The summed E-state index contributed by atoms with van der Waals surface area (Å²) >= 11 is 0. The van der Waals surface area contributed by atoms with E-state index in [1.165, 1.54) is 11.3 Å². The molecule has 0 aliphatic carbocycles. The average molecular weight is 325 g/mol. The van der Waals surface area contributed by atoms with Crippen molar-refractivity contribution in [3.05, 3.63) is 42.1 Å². The molecule has 3 heterocycles. The van der Waals surface area contributed by atoms with Gasteiger partial charge in [0.2, 0.25) is 5.95 Å². The summed E-state index contributed by atoms with van der Waals surface area (Å²) < 4.78 is 5.40. The Balaban J connectivity index is 1.59. The fourth-order valence-corrected chi connectivity index (χ4v) is 3.42. The molecule has 0 saturated carbocycles. The molecule has 2 aliphatic rings. The lowest BCUT2D eigenvalue weighted by atomic mass is 9.93. The van der Waals surface area contributed by atoms with E-state index >= 15 is 0 Å². The second-order valence-corrected chi connectivity index (χ2v) is 6.85. The lowest BCUT2D eigenvalue weighted by Crippen LogP contribution is -2.38. The SMILES string of the molecule is CC1(C)Nc2ccccc2C1Nc1ccnc(N2CCOCC2)n1. The fraction of sp³-hybridized carbons (Fsp3) is 0.444. The first kappa shape index (κ1) is 15.2. The van der Waals surface area contributed by atoms with Crippen molar-refractivity contribution in [2.45, 2.75) is 25.4 Å². The van der Waals surface area contributed by atoms with E-state index in [4.69, 9.17) is 9.72 Å². The van der Waals surface area contributed by atoms with Crippen LogP contribution in [-0.4, -0.2) is 41.8 Å². The normalized spacial score (nSPS) is 21.9. The molecule has 1 saturated heterocycles. The summed E-state index contributed by atoms with van der Waals surface area (Å²) in [5, 5.41) is 7.18. The van der Waals surface area contributed by atoms with Gasteiger partial charge in [0.05, 0.1) is 24.8 Å². The maximum Gasteiger partial charge on any atom is 0.227 e. The molecular weight excluding hydrogens is 302 g/mol. The molecule has 2 aliphatic heterocycles. The minimum absolute atomic E-state index is 0.0895. The number of fused-ring (bicyclic) bond motifs is 1. The zero-order valence-corrected chi connectivity index (χ0v) is 14.1. The molecule has 1 atom stereocenters. The lowest BCUT2D eigenvalue weighted by Gasteiger charge is -2.30. The number of rotatable bonds is 3. The van der Waals surface area contributed by atoms with Gasteiger partial charge in [-0.05, 0) is 31.5 Å². The number of nitrogens with one attached hydrogen (secondary N) is 2. The third-order valence-corrected chi connectivity index (χ3v) is 4.68. The average Bonchev–Trinajstić information content (AvgIpc) is 2.86. The number of anilines is 3. The highest BCUT2D eigenvalue weighted by Gasteiger charge is 2.38. The van der Waals surface area contributed by atoms with Gasteiger partial charge in [-0.3, -0.25) is 0 Å². The van der Waals surface area contributed by atoms with Crippen molar-refractivity contribution in [3.63, 3.8) is 0 Å².